The van der Waals surface area contributed by atoms with Crippen molar-refractivity contribution in [3.8, 4) is 0 Å². The predicted molar refractivity (Wildman–Crippen MR) is 59.3 cm³/mol. The first-order valence-corrected chi connectivity index (χ1v) is 4.83. The van der Waals surface area contributed by atoms with Crippen LogP contribution in [-0.4, -0.2) is 48.4 Å². The van der Waals surface area contributed by atoms with Crippen LogP contribution in [0.25, 0.3) is 0 Å². The molecule has 5 heteroatoms. The number of rotatable bonds is 2. The molecule has 1 rings (SSSR count). The first-order valence-electron chi connectivity index (χ1n) is 4.83. The highest BCUT2D eigenvalue weighted by Crippen LogP contribution is 1.65. The molecule has 1 heterocycles. The van der Waals surface area contributed by atoms with E-state index in [0.29, 0.717) is 0 Å². The van der Waals surface area contributed by atoms with Crippen LogP contribution in [0.4, 0.5) is 0 Å². The van der Waals surface area contributed by atoms with Crippen LogP contribution >= 0.6 is 0 Å². The van der Waals surface area contributed by atoms with Crippen LogP contribution in [-0.2, 0) is 0 Å². The fourth-order valence-corrected chi connectivity index (χ4v) is 0.957. The lowest BCUT2D eigenvalue weighted by Gasteiger charge is -2.11. The monoisotopic (exact) mass is 152 g/mol. The molecular weight excluding hydrogens is 133 g/mol. The molecule has 0 saturated carbocycles. The second-order valence-corrected chi connectivity index (χ2v) is 2.85. The van der Waals surface area contributed by atoms with Gasteiger partial charge in [-0.25, -0.2) is 0 Å². The molecule has 11 heavy (non-hydrogen) atoms. The van der Waals surface area contributed by atoms with Crippen molar-refractivity contribution in [1.82, 2.24) is 10.6 Å². The van der Waals surface area contributed by atoms with Crippen molar-refractivity contribution < 1.29 is 0 Å². The summed E-state index contributed by atoms with van der Waals surface area (Å²) in [5, 5.41) is 6.44. The maximum atomic E-state index is 3.22. The minimum Gasteiger partial charge on any atom is -0.314 e. The molecular formula is C6H19B3N2. The van der Waals surface area contributed by atoms with Gasteiger partial charge in [-0.2, -0.15) is 0 Å². The number of piperazine rings is 1. The molecule has 1 aliphatic rings. The quantitative estimate of drug-likeness (QED) is 0.447. The highest BCUT2D eigenvalue weighted by molar-refractivity contribution is 7.01. The van der Waals surface area contributed by atoms with E-state index < -0.39 is 0 Å². The summed E-state index contributed by atoms with van der Waals surface area (Å²) in [6, 6.07) is 0. The van der Waals surface area contributed by atoms with Gasteiger partial charge in [0.25, 0.3) is 0 Å². The second-order valence-electron chi connectivity index (χ2n) is 2.85. The summed E-state index contributed by atoms with van der Waals surface area (Å²) in [7, 11) is 4.94. The van der Waals surface area contributed by atoms with Crippen molar-refractivity contribution in [1.29, 1.82) is 0 Å². The van der Waals surface area contributed by atoms with Crippen LogP contribution in [0.5, 0.6) is 0 Å². The van der Waals surface area contributed by atoms with Gasteiger partial charge in [-0.3, -0.25) is 0 Å². The van der Waals surface area contributed by atoms with Crippen molar-refractivity contribution in [2.75, 3.05) is 26.2 Å². The van der Waals surface area contributed by atoms with E-state index in [1.54, 1.807) is 0 Å². The van der Waals surface area contributed by atoms with E-state index in [9.17, 15) is 0 Å². The summed E-state index contributed by atoms with van der Waals surface area (Å²) in [6.07, 6.45) is 1.34. The Bertz CT molecular complexity index is 55.3. The van der Waals surface area contributed by atoms with E-state index in [4.69, 9.17) is 0 Å². The summed E-state index contributed by atoms with van der Waals surface area (Å²) in [6.45, 7) is 6.77. The molecule has 0 aromatic carbocycles. The van der Waals surface area contributed by atoms with Gasteiger partial charge in [-0.15, -0.1) is 6.22 Å². The topological polar surface area (TPSA) is 24.1 Å². The van der Waals surface area contributed by atoms with Gasteiger partial charge in [0.15, 0.2) is 0 Å². The molecule has 1 saturated heterocycles. The van der Waals surface area contributed by atoms with Gasteiger partial charge < -0.3 is 10.6 Å². The first-order chi connectivity index (χ1) is 5.41. The summed E-state index contributed by atoms with van der Waals surface area (Å²) in [4.78, 5) is 0. The van der Waals surface area contributed by atoms with E-state index in [-0.39, 0.29) is 0 Å². The molecule has 0 radical (unpaired) electrons. The molecule has 2 N–H and O–H groups in total. The molecule has 1 fully saturated rings. The van der Waals surface area contributed by atoms with E-state index in [0.717, 1.165) is 26.2 Å². The van der Waals surface area contributed by atoms with E-state index in [2.05, 4.69) is 25.3 Å². The van der Waals surface area contributed by atoms with E-state index in [1.807, 2.05) is 0 Å². The van der Waals surface area contributed by atoms with Crippen LogP contribution in [0.3, 0.4) is 0 Å². The Morgan fingerprint density at radius 2 is 1.64 bits per heavy atom. The third-order valence-electron chi connectivity index (χ3n) is 1.66. The number of nitrogens with one attached hydrogen (secondary N) is 2. The van der Waals surface area contributed by atoms with E-state index >= 15 is 0 Å². The van der Waals surface area contributed by atoms with E-state index in [1.165, 1.54) is 20.6 Å². The third kappa shape index (κ3) is 10.1. The van der Waals surface area contributed by atoms with Crippen molar-refractivity contribution in [3.05, 3.63) is 0 Å². The minimum absolute atomic E-state index is 1.14. The predicted octanol–water partition coefficient (Wildman–Crippen LogP) is -1.99. The Morgan fingerprint density at radius 3 is 1.73 bits per heavy atom. The van der Waals surface area contributed by atoms with Crippen molar-refractivity contribution in [2.45, 2.75) is 13.0 Å². The number of hydrogen-bond donors (Lipinski definition) is 2. The fourth-order valence-electron chi connectivity index (χ4n) is 0.957. The highest BCUT2D eigenvalue weighted by Gasteiger charge is 1.91. The zero-order chi connectivity index (χ0) is 8.36. The van der Waals surface area contributed by atoms with Crippen LogP contribution in [0.15, 0.2) is 0 Å². The smallest absolute Gasteiger partial charge is 0.0921 e. The molecule has 1 aliphatic heterocycles. The van der Waals surface area contributed by atoms with Gasteiger partial charge in [0, 0.05) is 26.2 Å². The van der Waals surface area contributed by atoms with Gasteiger partial charge in [0.1, 0.15) is 0 Å². The Labute approximate surface area is 72.8 Å². The van der Waals surface area contributed by atoms with Crippen molar-refractivity contribution in [3.63, 3.8) is 0 Å². The lowest BCUT2D eigenvalue weighted by molar-refractivity contribution is 0.534. The molecule has 0 amide bonds. The number of hydrogen-bond acceptors (Lipinski definition) is 2. The van der Waals surface area contributed by atoms with Crippen molar-refractivity contribution in [2.24, 2.45) is 0 Å². The molecule has 62 valence electrons. The van der Waals surface area contributed by atoms with Gasteiger partial charge in [0.2, 0.25) is 0 Å². The Kier molecular flexibility index (Phi) is 10.2. The SMILES string of the molecule is BCBBC.C1CNCCN1. The maximum Gasteiger partial charge on any atom is 0.0921 e. The summed E-state index contributed by atoms with van der Waals surface area (Å²) >= 11 is 0. The zero-order valence-corrected chi connectivity index (χ0v) is 7.95. The summed E-state index contributed by atoms with van der Waals surface area (Å²) < 4.78 is 0. The summed E-state index contributed by atoms with van der Waals surface area (Å²) in [5.74, 6) is 0. The van der Waals surface area contributed by atoms with Gasteiger partial charge in [-0.05, 0) is 0 Å². The molecule has 0 spiro atoms. The molecule has 0 aromatic rings. The normalized spacial score (nSPS) is 16.1. The Balaban J connectivity index is 0.000000187. The Hall–Kier alpha value is 0.115. The highest BCUT2D eigenvalue weighted by atomic mass is 15.0. The average molecular weight is 152 g/mol. The molecule has 2 nitrogen and oxygen atoms in total. The molecule has 0 bridgehead atoms. The largest absolute Gasteiger partial charge is 0.314 e. The Morgan fingerprint density at radius 1 is 1.18 bits per heavy atom. The molecule has 0 atom stereocenters. The zero-order valence-electron chi connectivity index (χ0n) is 7.95. The molecule has 0 aromatic heterocycles. The minimum atomic E-state index is 1.14. The van der Waals surface area contributed by atoms with Gasteiger partial charge >= 0.3 is 0 Å². The van der Waals surface area contributed by atoms with Crippen LogP contribution < -0.4 is 10.6 Å². The summed E-state index contributed by atoms with van der Waals surface area (Å²) in [5.41, 5.74) is 0. The molecule has 0 unspecified atom stereocenters. The fraction of sp³-hybridized carbons (Fsp3) is 1.00. The third-order valence-corrected chi connectivity index (χ3v) is 1.66. The van der Waals surface area contributed by atoms with Gasteiger partial charge in [-0.1, -0.05) is 6.82 Å². The van der Waals surface area contributed by atoms with Crippen LogP contribution in [0.2, 0.25) is 13.0 Å². The maximum absolute atomic E-state index is 3.22. The van der Waals surface area contributed by atoms with Crippen LogP contribution in [0.1, 0.15) is 0 Å². The molecule has 0 aliphatic carbocycles. The first kappa shape index (κ1) is 11.1. The lowest BCUT2D eigenvalue weighted by atomic mass is 9.37. The van der Waals surface area contributed by atoms with Gasteiger partial charge in [0.05, 0.1) is 22.2 Å². The average Bonchev–Trinajstić information content (AvgIpc) is 2.10. The lowest BCUT2D eigenvalue weighted by Crippen LogP contribution is -2.39. The van der Waals surface area contributed by atoms with Crippen molar-refractivity contribution >= 4 is 22.2 Å². The standard InChI is InChI=1S/C4H10N2.C2H9B3/c1-2-6-4-3-5-1;1-4-5-2-3/h5-6H,1-4H2;4-5H,2-3H2,1H3. The van der Waals surface area contributed by atoms with Crippen LogP contribution in [0, 0.1) is 0 Å². The second kappa shape index (κ2) is 10.1.